The van der Waals surface area contributed by atoms with E-state index in [9.17, 15) is 5.11 Å². The van der Waals surface area contributed by atoms with Crippen LogP contribution in [0.15, 0.2) is 53.3 Å². The lowest BCUT2D eigenvalue weighted by Crippen LogP contribution is -2.03. The molecule has 1 unspecified atom stereocenters. The van der Waals surface area contributed by atoms with Crippen LogP contribution in [0.1, 0.15) is 17.4 Å². The van der Waals surface area contributed by atoms with E-state index >= 15 is 0 Å². The number of hydrogen-bond acceptors (Lipinski definition) is 2. The van der Waals surface area contributed by atoms with E-state index in [-0.39, 0.29) is 0 Å². The van der Waals surface area contributed by atoms with Crippen LogP contribution in [0, 0.1) is 0 Å². The van der Waals surface area contributed by atoms with Gasteiger partial charge in [-0.05, 0) is 45.8 Å². The molecule has 0 fully saturated rings. The molecule has 0 saturated carbocycles. The van der Waals surface area contributed by atoms with Gasteiger partial charge >= 0.3 is 0 Å². The second-order valence-electron chi connectivity index (χ2n) is 4.21. The first-order chi connectivity index (χ1) is 9.15. The van der Waals surface area contributed by atoms with Crippen molar-refractivity contribution in [3.05, 3.63) is 69.5 Å². The van der Waals surface area contributed by atoms with Gasteiger partial charge in [-0.2, -0.15) is 0 Å². The van der Waals surface area contributed by atoms with Crippen molar-refractivity contribution in [1.82, 2.24) is 9.38 Å². The summed E-state index contributed by atoms with van der Waals surface area (Å²) in [4.78, 5) is 4.28. The van der Waals surface area contributed by atoms with E-state index < -0.39 is 6.10 Å². The first-order valence-electron chi connectivity index (χ1n) is 5.71. The van der Waals surface area contributed by atoms with E-state index in [1.807, 2.05) is 34.9 Å². The van der Waals surface area contributed by atoms with E-state index in [0.717, 1.165) is 21.4 Å². The molecule has 5 heteroatoms. The minimum Gasteiger partial charge on any atom is -0.382 e. The molecule has 96 valence electrons. The number of fused-ring (bicyclic) bond motifs is 1. The lowest BCUT2D eigenvalue weighted by molar-refractivity contribution is 0.214. The Morgan fingerprint density at radius 3 is 2.63 bits per heavy atom. The van der Waals surface area contributed by atoms with Gasteiger partial charge in [0.25, 0.3) is 0 Å². The third kappa shape index (κ3) is 2.39. The summed E-state index contributed by atoms with van der Waals surface area (Å²) in [6, 6.07) is 11.0. The third-order valence-corrected chi connectivity index (χ3v) is 3.69. The average molecular weight is 338 g/mol. The Kier molecular flexibility index (Phi) is 3.31. The van der Waals surface area contributed by atoms with E-state index in [2.05, 4.69) is 20.9 Å². The van der Waals surface area contributed by atoms with Crippen molar-refractivity contribution in [3.8, 4) is 0 Å². The second kappa shape index (κ2) is 4.96. The Labute approximate surface area is 123 Å². The Morgan fingerprint density at radius 1 is 1.16 bits per heavy atom. The number of rotatable bonds is 2. The van der Waals surface area contributed by atoms with E-state index in [1.165, 1.54) is 0 Å². The molecule has 3 aromatic rings. The van der Waals surface area contributed by atoms with Crippen molar-refractivity contribution in [1.29, 1.82) is 0 Å². The van der Waals surface area contributed by atoms with Gasteiger partial charge in [0.1, 0.15) is 11.8 Å². The molecular formula is C14H10BrClN2O. The van der Waals surface area contributed by atoms with Crippen LogP contribution >= 0.6 is 27.5 Å². The Bertz CT molecular complexity index is 724. The van der Waals surface area contributed by atoms with Gasteiger partial charge in [0.15, 0.2) is 0 Å². The van der Waals surface area contributed by atoms with Crippen LogP contribution in [0.5, 0.6) is 0 Å². The molecule has 1 atom stereocenters. The largest absolute Gasteiger partial charge is 0.382 e. The van der Waals surface area contributed by atoms with Gasteiger partial charge in [-0.1, -0.05) is 23.7 Å². The van der Waals surface area contributed by atoms with Crippen LogP contribution in [-0.4, -0.2) is 14.5 Å². The Hall–Kier alpha value is -1.36. The fourth-order valence-electron chi connectivity index (χ4n) is 1.99. The first-order valence-corrected chi connectivity index (χ1v) is 6.88. The summed E-state index contributed by atoms with van der Waals surface area (Å²) in [5.41, 5.74) is 2.30. The molecule has 3 rings (SSSR count). The smallest absolute Gasteiger partial charge is 0.137 e. The standard InChI is InChI=1S/C14H10BrClN2O/c15-10-3-6-13-17-7-12(18(13)8-10)14(19)9-1-4-11(16)5-2-9/h1-8,14,19H. The fourth-order valence-corrected chi connectivity index (χ4v) is 2.45. The van der Waals surface area contributed by atoms with Crippen LogP contribution in [0.2, 0.25) is 5.02 Å². The minimum absolute atomic E-state index is 0.650. The van der Waals surface area contributed by atoms with Crippen molar-refractivity contribution in [2.45, 2.75) is 6.10 Å². The first kappa shape index (κ1) is 12.7. The molecule has 2 aromatic heterocycles. The molecule has 1 N–H and O–H groups in total. The molecule has 0 radical (unpaired) electrons. The quantitative estimate of drug-likeness (QED) is 0.771. The normalized spacial score (nSPS) is 12.8. The molecule has 0 amide bonds. The summed E-state index contributed by atoms with van der Waals surface area (Å²) in [7, 11) is 0. The highest BCUT2D eigenvalue weighted by molar-refractivity contribution is 9.10. The molecule has 0 aliphatic rings. The summed E-state index contributed by atoms with van der Waals surface area (Å²) in [6.45, 7) is 0. The topological polar surface area (TPSA) is 37.5 Å². The number of imidazole rings is 1. The highest BCUT2D eigenvalue weighted by atomic mass is 79.9. The number of pyridine rings is 1. The number of aliphatic hydroxyl groups is 1. The van der Waals surface area contributed by atoms with Crippen LogP contribution in [-0.2, 0) is 0 Å². The summed E-state index contributed by atoms with van der Waals surface area (Å²) in [6.07, 6.45) is 2.83. The number of hydrogen-bond donors (Lipinski definition) is 1. The van der Waals surface area contributed by atoms with Gasteiger partial charge in [0.2, 0.25) is 0 Å². The summed E-state index contributed by atoms with van der Waals surface area (Å²) in [5, 5.41) is 11.1. The molecule has 19 heavy (non-hydrogen) atoms. The van der Waals surface area contributed by atoms with Crippen molar-refractivity contribution in [3.63, 3.8) is 0 Å². The number of benzene rings is 1. The van der Waals surface area contributed by atoms with E-state index in [1.54, 1.807) is 18.3 Å². The maximum atomic E-state index is 10.4. The summed E-state index contributed by atoms with van der Waals surface area (Å²) < 4.78 is 2.80. The van der Waals surface area contributed by atoms with E-state index in [0.29, 0.717) is 5.02 Å². The minimum atomic E-state index is -0.735. The molecular weight excluding hydrogens is 328 g/mol. The molecule has 0 saturated heterocycles. The lowest BCUT2D eigenvalue weighted by Gasteiger charge is -2.11. The molecule has 0 aliphatic heterocycles. The van der Waals surface area contributed by atoms with Crippen LogP contribution in [0.25, 0.3) is 5.65 Å². The van der Waals surface area contributed by atoms with Gasteiger partial charge in [0, 0.05) is 15.7 Å². The van der Waals surface area contributed by atoms with Crippen molar-refractivity contribution in [2.24, 2.45) is 0 Å². The summed E-state index contributed by atoms with van der Waals surface area (Å²) >= 11 is 9.27. The monoisotopic (exact) mass is 336 g/mol. The fraction of sp³-hybridized carbons (Fsp3) is 0.0714. The maximum absolute atomic E-state index is 10.4. The Morgan fingerprint density at radius 2 is 1.89 bits per heavy atom. The molecule has 3 nitrogen and oxygen atoms in total. The number of nitrogens with zero attached hydrogens (tertiary/aromatic N) is 2. The molecule has 0 aliphatic carbocycles. The van der Waals surface area contributed by atoms with Crippen molar-refractivity contribution < 1.29 is 5.11 Å². The van der Waals surface area contributed by atoms with Gasteiger partial charge in [-0.15, -0.1) is 0 Å². The highest BCUT2D eigenvalue weighted by Crippen LogP contribution is 2.25. The number of halogens is 2. The van der Waals surface area contributed by atoms with Gasteiger partial charge in [-0.25, -0.2) is 4.98 Å². The molecule has 1 aromatic carbocycles. The average Bonchev–Trinajstić information content (AvgIpc) is 2.81. The third-order valence-electron chi connectivity index (χ3n) is 2.96. The van der Waals surface area contributed by atoms with Crippen LogP contribution in [0.3, 0.4) is 0 Å². The Balaban J connectivity index is 2.08. The van der Waals surface area contributed by atoms with Crippen molar-refractivity contribution >= 4 is 33.2 Å². The zero-order chi connectivity index (χ0) is 13.4. The zero-order valence-electron chi connectivity index (χ0n) is 9.79. The predicted molar refractivity (Wildman–Crippen MR) is 78.4 cm³/mol. The van der Waals surface area contributed by atoms with Gasteiger partial charge in [0.05, 0.1) is 11.9 Å². The highest BCUT2D eigenvalue weighted by Gasteiger charge is 2.15. The SMILES string of the molecule is OC(c1ccc(Cl)cc1)c1cnc2ccc(Br)cn12. The molecule has 0 bridgehead atoms. The molecule has 2 heterocycles. The number of aromatic nitrogens is 2. The maximum Gasteiger partial charge on any atom is 0.137 e. The van der Waals surface area contributed by atoms with Gasteiger partial charge in [-0.3, -0.25) is 4.40 Å². The molecule has 0 spiro atoms. The van der Waals surface area contributed by atoms with E-state index in [4.69, 9.17) is 11.6 Å². The van der Waals surface area contributed by atoms with Crippen LogP contribution in [0.4, 0.5) is 0 Å². The lowest BCUT2D eigenvalue weighted by atomic mass is 10.1. The van der Waals surface area contributed by atoms with Gasteiger partial charge < -0.3 is 5.11 Å². The summed E-state index contributed by atoms with van der Waals surface area (Å²) in [5.74, 6) is 0. The van der Waals surface area contributed by atoms with Crippen molar-refractivity contribution in [2.75, 3.05) is 0 Å². The zero-order valence-corrected chi connectivity index (χ0v) is 12.1. The predicted octanol–water partition coefficient (Wildman–Crippen LogP) is 3.83. The van der Waals surface area contributed by atoms with Crippen LogP contribution < -0.4 is 0 Å². The second-order valence-corrected chi connectivity index (χ2v) is 5.56. The number of aliphatic hydroxyl groups excluding tert-OH is 1.